The Balaban J connectivity index is 1.70. The van der Waals surface area contributed by atoms with Gasteiger partial charge < -0.3 is 16.4 Å². The van der Waals surface area contributed by atoms with Crippen molar-refractivity contribution in [2.45, 2.75) is 50.6 Å². The number of rotatable bonds is 5. The van der Waals surface area contributed by atoms with Gasteiger partial charge in [0.1, 0.15) is 5.69 Å². The average Bonchev–Trinajstić information content (AvgIpc) is 2.50. The molecule has 9 heteroatoms. The lowest BCUT2D eigenvalue weighted by atomic mass is 9.93. The quantitative estimate of drug-likeness (QED) is 0.701. The second-order valence-electron chi connectivity index (χ2n) is 6.55. The van der Waals surface area contributed by atoms with Crippen LogP contribution in [-0.4, -0.2) is 32.0 Å². The Kier molecular flexibility index (Phi) is 4.29. The number of nitrogens with zero attached hydrogens (tertiary/aromatic N) is 4. The van der Waals surface area contributed by atoms with Crippen molar-refractivity contribution in [3.05, 3.63) is 17.0 Å². The standard InChI is InChI=1S/C16H19ClFN7/c17-13-11(19)7-10(18)12(22-13)14-23-15(20-8-3-1-4-8)25-16(24-14)21-9-5-2-6-9/h7-9H,1-6,19H2,(H2,20,21,23,24,25). The number of hydrogen-bond acceptors (Lipinski definition) is 7. The molecule has 0 amide bonds. The fraction of sp³-hybridized carbons (Fsp3) is 0.500. The van der Waals surface area contributed by atoms with E-state index in [0.29, 0.717) is 24.0 Å². The molecule has 7 nitrogen and oxygen atoms in total. The topological polar surface area (TPSA) is 102 Å². The highest BCUT2D eigenvalue weighted by Gasteiger charge is 2.23. The third-order valence-corrected chi connectivity index (χ3v) is 4.98. The summed E-state index contributed by atoms with van der Waals surface area (Å²) >= 11 is 5.94. The first-order valence-electron chi connectivity index (χ1n) is 8.49. The fourth-order valence-electron chi connectivity index (χ4n) is 2.72. The first-order chi connectivity index (χ1) is 12.1. The van der Waals surface area contributed by atoms with Crippen molar-refractivity contribution in [2.24, 2.45) is 0 Å². The van der Waals surface area contributed by atoms with Crippen molar-refractivity contribution in [3.63, 3.8) is 0 Å². The zero-order valence-electron chi connectivity index (χ0n) is 13.6. The number of nitrogen functional groups attached to an aromatic ring is 1. The smallest absolute Gasteiger partial charge is 0.228 e. The van der Waals surface area contributed by atoms with E-state index in [-0.39, 0.29) is 22.4 Å². The lowest BCUT2D eigenvalue weighted by Crippen LogP contribution is -2.30. The number of nitrogens with two attached hydrogens (primary N) is 1. The van der Waals surface area contributed by atoms with Crippen LogP contribution in [0.15, 0.2) is 6.07 Å². The van der Waals surface area contributed by atoms with Crippen molar-refractivity contribution < 1.29 is 4.39 Å². The number of anilines is 3. The molecule has 2 aliphatic rings. The lowest BCUT2D eigenvalue weighted by molar-refractivity contribution is 0.440. The van der Waals surface area contributed by atoms with E-state index in [0.717, 1.165) is 31.7 Å². The van der Waals surface area contributed by atoms with Gasteiger partial charge in [-0.2, -0.15) is 15.0 Å². The lowest BCUT2D eigenvalue weighted by Gasteiger charge is -2.28. The molecule has 4 rings (SSSR count). The van der Waals surface area contributed by atoms with Gasteiger partial charge in [0.15, 0.2) is 16.8 Å². The molecule has 0 aromatic carbocycles. The van der Waals surface area contributed by atoms with Crippen molar-refractivity contribution in [1.29, 1.82) is 0 Å². The van der Waals surface area contributed by atoms with Crippen molar-refractivity contribution in [3.8, 4) is 11.5 Å². The van der Waals surface area contributed by atoms with Crippen LogP contribution in [0.4, 0.5) is 22.0 Å². The highest BCUT2D eigenvalue weighted by Crippen LogP contribution is 2.28. The van der Waals surface area contributed by atoms with Crippen LogP contribution in [0, 0.1) is 5.82 Å². The monoisotopic (exact) mass is 363 g/mol. The molecule has 0 saturated heterocycles. The van der Waals surface area contributed by atoms with Crippen LogP contribution < -0.4 is 16.4 Å². The van der Waals surface area contributed by atoms with E-state index in [4.69, 9.17) is 17.3 Å². The maximum Gasteiger partial charge on any atom is 0.228 e. The molecule has 2 aromatic heterocycles. The van der Waals surface area contributed by atoms with Gasteiger partial charge in [-0.25, -0.2) is 9.37 Å². The van der Waals surface area contributed by atoms with Gasteiger partial charge in [0, 0.05) is 18.2 Å². The SMILES string of the molecule is Nc1cc(F)c(-c2nc(NC3CCC3)nc(NC3CCC3)n2)nc1Cl. The summed E-state index contributed by atoms with van der Waals surface area (Å²) in [6, 6.07) is 1.83. The number of pyridine rings is 1. The molecule has 0 radical (unpaired) electrons. The molecule has 2 heterocycles. The number of hydrogen-bond donors (Lipinski definition) is 3. The second-order valence-corrected chi connectivity index (χ2v) is 6.91. The minimum Gasteiger partial charge on any atom is -0.396 e. The molecule has 0 atom stereocenters. The minimum atomic E-state index is -0.614. The van der Waals surface area contributed by atoms with Crippen molar-refractivity contribution in [1.82, 2.24) is 19.9 Å². The predicted octanol–water partition coefficient (Wildman–Crippen LogP) is 3.24. The Morgan fingerprint density at radius 1 is 0.960 bits per heavy atom. The summed E-state index contributed by atoms with van der Waals surface area (Å²) in [7, 11) is 0. The molecule has 0 aliphatic heterocycles. The van der Waals surface area contributed by atoms with Gasteiger partial charge in [0.25, 0.3) is 0 Å². The van der Waals surface area contributed by atoms with Crippen LogP contribution in [0.5, 0.6) is 0 Å². The maximum absolute atomic E-state index is 14.3. The molecule has 25 heavy (non-hydrogen) atoms. The third-order valence-electron chi connectivity index (χ3n) is 4.68. The molecule has 0 spiro atoms. The summed E-state index contributed by atoms with van der Waals surface area (Å²) in [5.74, 6) is 0.367. The Labute approximate surface area is 149 Å². The Morgan fingerprint density at radius 2 is 1.52 bits per heavy atom. The van der Waals surface area contributed by atoms with Crippen molar-refractivity contribution >= 4 is 29.2 Å². The molecule has 132 valence electrons. The summed E-state index contributed by atoms with van der Waals surface area (Å²) < 4.78 is 14.3. The molecule has 0 unspecified atom stereocenters. The molecule has 2 saturated carbocycles. The molecular weight excluding hydrogens is 345 g/mol. The van der Waals surface area contributed by atoms with E-state index < -0.39 is 5.82 Å². The van der Waals surface area contributed by atoms with Crippen LogP contribution in [0.2, 0.25) is 5.15 Å². The number of aromatic nitrogens is 4. The fourth-order valence-corrected chi connectivity index (χ4v) is 2.86. The summed E-state index contributed by atoms with van der Waals surface area (Å²) in [5.41, 5.74) is 5.65. The largest absolute Gasteiger partial charge is 0.396 e. The van der Waals surface area contributed by atoms with Crippen LogP contribution in [0.3, 0.4) is 0 Å². The molecule has 0 bridgehead atoms. The zero-order valence-corrected chi connectivity index (χ0v) is 14.4. The summed E-state index contributed by atoms with van der Waals surface area (Å²) in [5, 5.41) is 6.57. The normalized spacial score (nSPS) is 17.7. The van der Waals surface area contributed by atoms with E-state index >= 15 is 0 Å². The second kappa shape index (κ2) is 6.59. The van der Waals surface area contributed by atoms with Crippen LogP contribution in [0.1, 0.15) is 38.5 Å². The van der Waals surface area contributed by atoms with Gasteiger partial charge in [-0.05, 0) is 38.5 Å². The van der Waals surface area contributed by atoms with Gasteiger partial charge in [-0.3, -0.25) is 0 Å². The first-order valence-corrected chi connectivity index (χ1v) is 8.87. The molecule has 2 fully saturated rings. The maximum atomic E-state index is 14.3. The highest BCUT2D eigenvalue weighted by atomic mass is 35.5. The Morgan fingerprint density at radius 3 is 2.00 bits per heavy atom. The van der Waals surface area contributed by atoms with E-state index in [1.165, 1.54) is 12.8 Å². The van der Waals surface area contributed by atoms with E-state index in [9.17, 15) is 4.39 Å². The molecule has 4 N–H and O–H groups in total. The van der Waals surface area contributed by atoms with Crippen LogP contribution >= 0.6 is 11.6 Å². The molecular formula is C16H19ClFN7. The first kappa shape index (κ1) is 16.3. The zero-order chi connectivity index (χ0) is 17.4. The van der Waals surface area contributed by atoms with Gasteiger partial charge in [0.05, 0.1) is 5.69 Å². The third kappa shape index (κ3) is 3.44. The Hall–Kier alpha value is -2.22. The van der Waals surface area contributed by atoms with E-state index in [2.05, 4.69) is 30.6 Å². The summed E-state index contributed by atoms with van der Waals surface area (Å²) in [4.78, 5) is 17.1. The predicted molar refractivity (Wildman–Crippen MR) is 95.0 cm³/mol. The van der Waals surface area contributed by atoms with Gasteiger partial charge in [0.2, 0.25) is 11.9 Å². The molecule has 2 aliphatic carbocycles. The number of nitrogens with one attached hydrogen (secondary N) is 2. The van der Waals surface area contributed by atoms with E-state index in [1.54, 1.807) is 0 Å². The average molecular weight is 364 g/mol. The highest BCUT2D eigenvalue weighted by molar-refractivity contribution is 6.31. The van der Waals surface area contributed by atoms with Crippen LogP contribution in [-0.2, 0) is 0 Å². The van der Waals surface area contributed by atoms with Gasteiger partial charge in [-0.1, -0.05) is 11.6 Å². The Bertz CT molecular complexity index is 758. The van der Waals surface area contributed by atoms with E-state index in [1.807, 2.05) is 0 Å². The summed E-state index contributed by atoms with van der Waals surface area (Å²) in [6.07, 6.45) is 6.68. The number of halogens is 2. The van der Waals surface area contributed by atoms with Crippen LogP contribution in [0.25, 0.3) is 11.5 Å². The van der Waals surface area contributed by atoms with Gasteiger partial charge in [-0.15, -0.1) is 0 Å². The van der Waals surface area contributed by atoms with Crippen molar-refractivity contribution in [2.75, 3.05) is 16.4 Å². The minimum absolute atomic E-state index is 0.0267. The molecule has 2 aromatic rings. The summed E-state index contributed by atoms with van der Waals surface area (Å²) in [6.45, 7) is 0. The van der Waals surface area contributed by atoms with Gasteiger partial charge >= 0.3 is 0 Å².